The van der Waals surface area contributed by atoms with Crippen LogP contribution in [0.4, 0.5) is 4.79 Å². The molecule has 0 heterocycles. The van der Waals surface area contributed by atoms with Crippen LogP contribution in [-0.2, 0) is 0 Å². The Morgan fingerprint density at radius 2 is 1.95 bits per heavy atom. The number of nitrogens with one attached hydrogen (secondary N) is 2. The summed E-state index contributed by atoms with van der Waals surface area (Å²) in [5.41, 5.74) is 1.26. The molecule has 1 atom stereocenters. The summed E-state index contributed by atoms with van der Waals surface area (Å²) in [5, 5.41) is 5.31. The second kappa shape index (κ2) is 7.46. The summed E-state index contributed by atoms with van der Waals surface area (Å²) >= 11 is 0. The number of carbonyl (C=O) groups is 1. The lowest BCUT2D eigenvalue weighted by molar-refractivity contribution is 0.177. The molecule has 1 rings (SSSR count). The maximum Gasteiger partial charge on any atom is 0.317 e. The average Bonchev–Trinajstić information content (AvgIpc) is 2.36. The first-order chi connectivity index (χ1) is 9.02. The Labute approximate surface area is 114 Å². The topological polar surface area (TPSA) is 50.4 Å². The maximum atomic E-state index is 11.4. The van der Waals surface area contributed by atoms with Crippen LogP contribution in [0.15, 0.2) is 36.9 Å². The van der Waals surface area contributed by atoms with E-state index in [0.29, 0.717) is 12.5 Å². The summed E-state index contributed by atoms with van der Waals surface area (Å²) in [6.07, 6.45) is 1.23. The van der Waals surface area contributed by atoms with E-state index in [-0.39, 0.29) is 6.03 Å². The van der Waals surface area contributed by atoms with E-state index in [1.54, 1.807) is 13.0 Å². The largest absolute Gasteiger partial charge is 0.471 e. The Bertz CT molecular complexity index is 413. The van der Waals surface area contributed by atoms with Crippen LogP contribution in [0, 0.1) is 0 Å². The highest BCUT2D eigenvalue weighted by molar-refractivity contribution is 5.74. The second-order valence-corrected chi connectivity index (χ2v) is 4.63. The molecule has 0 aliphatic rings. The van der Waals surface area contributed by atoms with Crippen molar-refractivity contribution in [3.8, 4) is 5.75 Å². The highest BCUT2D eigenvalue weighted by Gasteiger charge is 2.07. The first-order valence-electron chi connectivity index (χ1n) is 6.44. The zero-order chi connectivity index (χ0) is 14.3. The van der Waals surface area contributed by atoms with E-state index in [1.165, 1.54) is 5.56 Å². The van der Waals surface area contributed by atoms with Crippen molar-refractivity contribution in [1.29, 1.82) is 0 Å². The summed E-state index contributed by atoms with van der Waals surface area (Å²) in [7, 11) is 0. The lowest BCUT2D eigenvalue weighted by Gasteiger charge is -2.17. The van der Waals surface area contributed by atoms with Gasteiger partial charge in [0.25, 0.3) is 0 Å². The van der Waals surface area contributed by atoms with Crippen molar-refractivity contribution in [1.82, 2.24) is 10.6 Å². The van der Waals surface area contributed by atoms with Gasteiger partial charge in [-0.1, -0.05) is 32.1 Å². The Morgan fingerprint density at radius 3 is 2.47 bits per heavy atom. The minimum atomic E-state index is -0.394. The van der Waals surface area contributed by atoms with Crippen LogP contribution < -0.4 is 15.4 Å². The molecule has 2 amide bonds. The van der Waals surface area contributed by atoms with Gasteiger partial charge in [-0.25, -0.2) is 4.79 Å². The predicted molar refractivity (Wildman–Crippen MR) is 77.4 cm³/mol. The van der Waals surface area contributed by atoms with Crippen LogP contribution in [0.3, 0.4) is 0 Å². The molecule has 1 aromatic rings. The van der Waals surface area contributed by atoms with Crippen molar-refractivity contribution >= 4 is 6.03 Å². The molecule has 1 unspecified atom stereocenters. The molecule has 0 aliphatic carbocycles. The summed E-state index contributed by atoms with van der Waals surface area (Å²) in [6.45, 7) is 10.0. The zero-order valence-corrected chi connectivity index (χ0v) is 11.8. The maximum absolute atomic E-state index is 11.4. The Kier molecular flexibility index (Phi) is 5.93. The molecule has 0 spiro atoms. The van der Waals surface area contributed by atoms with Crippen LogP contribution in [0.2, 0.25) is 0 Å². The number of benzene rings is 1. The molecular weight excluding hydrogens is 240 g/mol. The van der Waals surface area contributed by atoms with Crippen molar-refractivity contribution in [2.24, 2.45) is 0 Å². The lowest BCUT2D eigenvalue weighted by Crippen LogP contribution is -2.43. The molecule has 0 aliphatic heterocycles. The minimum absolute atomic E-state index is 0.272. The van der Waals surface area contributed by atoms with Crippen LogP contribution >= 0.6 is 0 Å². The molecule has 0 saturated heterocycles. The van der Waals surface area contributed by atoms with Crippen LogP contribution in [0.1, 0.15) is 32.3 Å². The van der Waals surface area contributed by atoms with Crippen molar-refractivity contribution in [2.45, 2.75) is 32.9 Å². The molecule has 1 aromatic carbocycles. The fourth-order valence-corrected chi connectivity index (χ4v) is 1.57. The fraction of sp³-hybridized carbons (Fsp3) is 0.400. The van der Waals surface area contributed by atoms with E-state index in [1.807, 2.05) is 24.3 Å². The van der Waals surface area contributed by atoms with Gasteiger partial charge in [-0.2, -0.15) is 0 Å². The van der Waals surface area contributed by atoms with Crippen LogP contribution in [0.5, 0.6) is 5.75 Å². The van der Waals surface area contributed by atoms with Gasteiger partial charge in [0.15, 0.2) is 6.23 Å². The summed E-state index contributed by atoms with van der Waals surface area (Å²) < 4.78 is 5.60. The van der Waals surface area contributed by atoms with E-state index in [2.05, 4.69) is 31.1 Å². The molecule has 19 heavy (non-hydrogen) atoms. The molecule has 0 aromatic heterocycles. The molecule has 0 radical (unpaired) electrons. The highest BCUT2D eigenvalue weighted by Crippen LogP contribution is 2.18. The molecule has 0 fully saturated rings. The quantitative estimate of drug-likeness (QED) is 0.611. The van der Waals surface area contributed by atoms with Crippen molar-refractivity contribution in [2.75, 3.05) is 6.54 Å². The summed E-state index contributed by atoms with van der Waals surface area (Å²) in [6, 6.07) is 7.62. The average molecular weight is 262 g/mol. The number of hydrogen-bond acceptors (Lipinski definition) is 2. The second-order valence-electron chi connectivity index (χ2n) is 4.63. The molecule has 4 heteroatoms. The number of carbonyl (C=O) groups excluding carboxylic acids is 1. The van der Waals surface area contributed by atoms with Gasteiger partial charge < -0.3 is 15.4 Å². The number of hydrogen-bond donors (Lipinski definition) is 2. The third-order valence-electron chi connectivity index (χ3n) is 2.60. The molecule has 0 bridgehead atoms. The smallest absolute Gasteiger partial charge is 0.317 e. The van der Waals surface area contributed by atoms with Gasteiger partial charge in [0.2, 0.25) is 0 Å². The number of rotatable bonds is 6. The van der Waals surface area contributed by atoms with Gasteiger partial charge in [0, 0.05) is 6.54 Å². The third kappa shape index (κ3) is 5.46. The molecule has 104 valence electrons. The van der Waals surface area contributed by atoms with E-state index in [4.69, 9.17) is 4.74 Å². The lowest BCUT2D eigenvalue weighted by atomic mass is 10.0. The number of urea groups is 1. The normalized spacial score (nSPS) is 11.8. The van der Waals surface area contributed by atoms with Gasteiger partial charge in [0.05, 0.1) is 0 Å². The fourth-order valence-electron chi connectivity index (χ4n) is 1.57. The zero-order valence-electron chi connectivity index (χ0n) is 11.8. The predicted octanol–water partition coefficient (Wildman–Crippen LogP) is 3.02. The van der Waals surface area contributed by atoms with Gasteiger partial charge in [-0.15, -0.1) is 6.58 Å². The Morgan fingerprint density at radius 1 is 1.32 bits per heavy atom. The van der Waals surface area contributed by atoms with Crippen LogP contribution in [0.25, 0.3) is 0 Å². The van der Waals surface area contributed by atoms with Crippen molar-refractivity contribution in [3.05, 3.63) is 42.5 Å². The van der Waals surface area contributed by atoms with E-state index < -0.39 is 6.23 Å². The standard InChI is InChI=1S/C15H22N2O2/c1-5-10-16-15(18)17-12(4)19-14-8-6-13(7-9-14)11(2)3/h5-9,11-12H,1,10H2,2-4H3,(H2,16,17,18). The Balaban J connectivity index is 2.45. The number of amides is 2. The summed E-state index contributed by atoms with van der Waals surface area (Å²) in [4.78, 5) is 11.4. The van der Waals surface area contributed by atoms with Crippen molar-refractivity contribution in [3.63, 3.8) is 0 Å². The number of ether oxygens (including phenoxy) is 1. The van der Waals surface area contributed by atoms with E-state index in [0.717, 1.165) is 5.75 Å². The molecule has 4 nitrogen and oxygen atoms in total. The van der Waals surface area contributed by atoms with Crippen molar-refractivity contribution < 1.29 is 9.53 Å². The van der Waals surface area contributed by atoms with Gasteiger partial charge >= 0.3 is 6.03 Å². The van der Waals surface area contributed by atoms with E-state index in [9.17, 15) is 4.79 Å². The first-order valence-corrected chi connectivity index (χ1v) is 6.44. The molecular formula is C15H22N2O2. The monoisotopic (exact) mass is 262 g/mol. The Hall–Kier alpha value is -1.97. The SMILES string of the molecule is C=CCNC(=O)NC(C)Oc1ccc(C(C)C)cc1. The minimum Gasteiger partial charge on any atom is -0.471 e. The van der Waals surface area contributed by atoms with Gasteiger partial charge in [0.1, 0.15) is 5.75 Å². The van der Waals surface area contributed by atoms with Gasteiger partial charge in [-0.3, -0.25) is 0 Å². The van der Waals surface area contributed by atoms with Gasteiger partial charge in [-0.05, 0) is 30.5 Å². The molecule has 2 N–H and O–H groups in total. The highest BCUT2D eigenvalue weighted by atomic mass is 16.5. The summed E-state index contributed by atoms with van der Waals surface area (Å²) in [5.74, 6) is 1.23. The molecule has 0 saturated carbocycles. The van der Waals surface area contributed by atoms with E-state index >= 15 is 0 Å². The first kappa shape index (κ1) is 15.1. The third-order valence-corrected chi connectivity index (χ3v) is 2.60. The van der Waals surface area contributed by atoms with Crippen LogP contribution in [-0.4, -0.2) is 18.8 Å².